The molecule has 0 saturated heterocycles. The molecule has 1 amide bonds. The zero-order valence-electron chi connectivity index (χ0n) is 23.6. The number of hydrazone groups is 1. The predicted octanol–water partition coefficient (Wildman–Crippen LogP) is 5.02. The van der Waals surface area contributed by atoms with Gasteiger partial charge in [-0.1, -0.05) is 35.9 Å². The molecule has 0 aliphatic carbocycles. The number of para-hydroxylation sites is 2. The van der Waals surface area contributed by atoms with Crippen molar-refractivity contribution in [2.45, 2.75) is 18.7 Å². The van der Waals surface area contributed by atoms with Crippen LogP contribution in [0.1, 0.15) is 17.0 Å². The van der Waals surface area contributed by atoms with Crippen molar-refractivity contribution < 1.29 is 27.6 Å². The van der Waals surface area contributed by atoms with Crippen LogP contribution < -0.4 is 19.2 Å². The summed E-state index contributed by atoms with van der Waals surface area (Å²) in [5.41, 5.74) is 4.84. The summed E-state index contributed by atoms with van der Waals surface area (Å²) in [6, 6.07) is 18.4. The highest BCUT2D eigenvalue weighted by Crippen LogP contribution is 2.37. The SMILES string of the molecule is COc1ccc(N(CC(=O)N/N=C/c2cc(C)n(-c3ccccc3Cl)c2C)S(=O)(=O)c2ccccc2[N+](=O)[O-])c(OC)c1. The van der Waals surface area contributed by atoms with E-state index in [2.05, 4.69) is 10.5 Å². The Morgan fingerprint density at radius 1 is 1.07 bits per heavy atom. The molecule has 0 fully saturated rings. The normalized spacial score (nSPS) is 11.4. The van der Waals surface area contributed by atoms with Gasteiger partial charge >= 0.3 is 0 Å². The second-order valence-corrected chi connectivity index (χ2v) is 11.4. The van der Waals surface area contributed by atoms with Crippen LogP contribution in [0.5, 0.6) is 11.5 Å². The summed E-state index contributed by atoms with van der Waals surface area (Å²) < 4.78 is 41.0. The molecule has 4 aromatic rings. The minimum Gasteiger partial charge on any atom is -0.497 e. The average Bonchev–Trinajstić information content (AvgIpc) is 3.27. The number of anilines is 1. The lowest BCUT2D eigenvalue weighted by Crippen LogP contribution is -2.40. The highest BCUT2D eigenvalue weighted by molar-refractivity contribution is 7.93. The van der Waals surface area contributed by atoms with Gasteiger partial charge in [0.2, 0.25) is 0 Å². The first-order valence-corrected chi connectivity index (χ1v) is 14.5. The quantitative estimate of drug-likeness (QED) is 0.140. The van der Waals surface area contributed by atoms with E-state index in [4.69, 9.17) is 21.1 Å². The number of ether oxygens (including phenoxy) is 2. The van der Waals surface area contributed by atoms with Crippen molar-refractivity contribution in [1.29, 1.82) is 0 Å². The summed E-state index contributed by atoms with van der Waals surface area (Å²) >= 11 is 6.39. The van der Waals surface area contributed by atoms with E-state index in [1.54, 1.807) is 6.07 Å². The average molecular weight is 626 g/mol. The number of amides is 1. The number of sulfonamides is 1. The van der Waals surface area contributed by atoms with Gasteiger partial charge in [0.15, 0.2) is 4.90 Å². The zero-order chi connectivity index (χ0) is 31.3. The highest BCUT2D eigenvalue weighted by Gasteiger charge is 2.34. The largest absolute Gasteiger partial charge is 0.497 e. The van der Waals surface area contributed by atoms with Crippen molar-refractivity contribution in [2.75, 3.05) is 25.1 Å². The number of nitrogens with zero attached hydrogens (tertiary/aromatic N) is 4. The van der Waals surface area contributed by atoms with Gasteiger partial charge in [-0.05, 0) is 50.2 Å². The highest BCUT2D eigenvalue weighted by atomic mass is 35.5. The molecule has 0 radical (unpaired) electrons. The van der Waals surface area contributed by atoms with E-state index in [-0.39, 0.29) is 11.4 Å². The van der Waals surface area contributed by atoms with Crippen LogP contribution in [-0.2, 0) is 14.8 Å². The first-order chi connectivity index (χ1) is 20.5. The summed E-state index contributed by atoms with van der Waals surface area (Å²) in [6.07, 6.45) is 1.43. The second kappa shape index (κ2) is 13.0. The zero-order valence-corrected chi connectivity index (χ0v) is 25.2. The summed E-state index contributed by atoms with van der Waals surface area (Å²) in [7, 11) is -1.91. The molecule has 0 bridgehead atoms. The Balaban J connectivity index is 1.66. The fourth-order valence-corrected chi connectivity index (χ4v) is 6.31. The third-order valence-corrected chi connectivity index (χ3v) is 8.66. The number of hydrogen-bond acceptors (Lipinski definition) is 8. The third-order valence-electron chi connectivity index (χ3n) is 6.53. The van der Waals surface area contributed by atoms with Gasteiger partial charge < -0.3 is 14.0 Å². The molecular formula is C29H28ClN5O7S. The van der Waals surface area contributed by atoms with E-state index in [0.717, 1.165) is 33.5 Å². The van der Waals surface area contributed by atoms with Crippen LogP contribution in [0.2, 0.25) is 5.02 Å². The van der Waals surface area contributed by atoms with Crippen molar-refractivity contribution in [3.05, 3.63) is 105 Å². The lowest BCUT2D eigenvalue weighted by molar-refractivity contribution is -0.387. The van der Waals surface area contributed by atoms with Gasteiger partial charge in [0.1, 0.15) is 18.0 Å². The van der Waals surface area contributed by atoms with Crippen LogP contribution in [-0.4, -0.2) is 50.8 Å². The molecule has 0 unspecified atom stereocenters. The smallest absolute Gasteiger partial charge is 0.289 e. The fourth-order valence-electron chi connectivity index (χ4n) is 4.50. The number of methoxy groups -OCH3 is 2. The molecule has 0 atom stereocenters. The molecule has 0 aliphatic rings. The Labute approximate surface area is 253 Å². The van der Waals surface area contributed by atoms with Gasteiger partial charge in [0.05, 0.1) is 41.8 Å². The van der Waals surface area contributed by atoms with Gasteiger partial charge in [-0.3, -0.25) is 19.2 Å². The van der Waals surface area contributed by atoms with Gasteiger partial charge in [-0.2, -0.15) is 5.10 Å². The molecular weight excluding hydrogens is 598 g/mol. The number of aryl methyl sites for hydroxylation is 1. The number of nitrogens with one attached hydrogen (secondary N) is 1. The molecule has 0 spiro atoms. The van der Waals surface area contributed by atoms with Crippen molar-refractivity contribution in [1.82, 2.24) is 9.99 Å². The van der Waals surface area contributed by atoms with E-state index < -0.39 is 38.0 Å². The number of hydrogen-bond donors (Lipinski definition) is 1. The summed E-state index contributed by atoms with van der Waals surface area (Å²) in [6.45, 7) is 3.00. The minimum absolute atomic E-state index is 0.0381. The second-order valence-electron chi connectivity index (χ2n) is 9.18. The predicted molar refractivity (Wildman–Crippen MR) is 163 cm³/mol. The van der Waals surface area contributed by atoms with Crippen LogP contribution in [0.4, 0.5) is 11.4 Å². The Morgan fingerprint density at radius 3 is 2.44 bits per heavy atom. The number of nitro benzene ring substituents is 1. The molecule has 0 aliphatic heterocycles. The number of benzene rings is 3. The molecule has 12 nitrogen and oxygen atoms in total. The molecule has 0 saturated carbocycles. The lowest BCUT2D eigenvalue weighted by Gasteiger charge is -2.25. The van der Waals surface area contributed by atoms with Gasteiger partial charge in [0, 0.05) is 29.1 Å². The topological polar surface area (TPSA) is 145 Å². The van der Waals surface area contributed by atoms with Crippen molar-refractivity contribution in [3.8, 4) is 17.2 Å². The number of nitro groups is 1. The number of carbonyl (C=O) groups excluding carboxylic acids is 1. The van der Waals surface area contributed by atoms with Crippen LogP contribution >= 0.6 is 11.6 Å². The molecule has 3 aromatic carbocycles. The third kappa shape index (κ3) is 6.47. The molecule has 1 N–H and O–H groups in total. The molecule has 1 aromatic heterocycles. The van der Waals surface area contributed by atoms with Crippen LogP contribution in [0.3, 0.4) is 0 Å². The Morgan fingerprint density at radius 2 is 1.77 bits per heavy atom. The van der Waals surface area contributed by atoms with Crippen molar-refractivity contribution in [3.63, 3.8) is 0 Å². The van der Waals surface area contributed by atoms with Crippen molar-refractivity contribution in [2.24, 2.45) is 5.10 Å². The summed E-state index contributed by atoms with van der Waals surface area (Å²) in [5, 5.41) is 16.3. The van der Waals surface area contributed by atoms with E-state index in [1.165, 1.54) is 50.8 Å². The minimum atomic E-state index is -4.66. The Kier molecular flexibility index (Phi) is 9.37. The molecule has 14 heteroatoms. The Hall–Kier alpha value is -4.88. The maximum absolute atomic E-state index is 13.9. The van der Waals surface area contributed by atoms with Crippen LogP contribution in [0.15, 0.2) is 82.8 Å². The van der Waals surface area contributed by atoms with Crippen LogP contribution in [0, 0.1) is 24.0 Å². The number of halogens is 1. The van der Waals surface area contributed by atoms with Crippen molar-refractivity contribution >= 4 is 45.1 Å². The number of rotatable bonds is 11. The Bertz CT molecular complexity index is 1820. The van der Waals surface area contributed by atoms with E-state index in [0.29, 0.717) is 16.3 Å². The maximum atomic E-state index is 13.9. The molecule has 224 valence electrons. The van der Waals surface area contributed by atoms with Gasteiger partial charge in [-0.15, -0.1) is 0 Å². The van der Waals surface area contributed by atoms with Gasteiger partial charge in [0.25, 0.3) is 21.6 Å². The molecule has 1 heterocycles. The van der Waals surface area contributed by atoms with E-state index >= 15 is 0 Å². The number of aromatic nitrogens is 1. The maximum Gasteiger partial charge on any atom is 0.289 e. The van der Waals surface area contributed by atoms with Gasteiger partial charge in [-0.25, -0.2) is 13.8 Å². The van der Waals surface area contributed by atoms with E-state index in [1.807, 2.05) is 42.7 Å². The standard InChI is InChI=1S/C29H28ClN5O7S/c1-19-15-21(20(2)34(19)24-10-6-5-9-23(24)30)17-31-32-29(36)18-33(25-14-13-22(41-3)16-27(25)42-4)43(39,40)28-12-8-7-11-26(28)35(37)38/h5-17H,18H2,1-4H3,(H,32,36)/b31-17+. The van der Waals surface area contributed by atoms with Crippen LogP contribution in [0.25, 0.3) is 5.69 Å². The lowest BCUT2D eigenvalue weighted by atomic mass is 10.2. The van der Waals surface area contributed by atoms with E-state index in [9.17, 15) is 23.3 Å². The first-order valence-electron chi connectivity index (χ1n) is 12.7. The summed E-state index contributed by atoms with van der Waals surface area (Å²) in [5.74, 6) is -0.381. The first kappa shape index (κ1) is 31.1. The monoisotopic (exact) mass is 625 g/mol. The molecule has 4 rings (SSSR count). The number of carbonyl (C=O) groups is 1. The summed E-state index contributed by atoms with van der Waals surface area (Å²) in [4.78, 5) is 23.4. The fraction of sp³-hybridized carbons (Fsp3) is 0.172. The molecule has 43 heavy (non-hydrogen) atoms.